The molecule has 0 radical (unpaired) electrons. The van der Waals surface area contributed by atoms with E-state index in [0.29, 0.717) is 11.6 Å². The lowest BCUT2D eigenvalue weighted by atomic mass is 10.1. The molecule has 6 nitrogen and oxygen atoms in total. The molecule has 0 unspecified atom stereocenters. The molecule has 0 aliphatic carbocycles. The minimum atomic E-state index is -0.999. The van der Waals surface area contributed by atoms with E-state index >= 15 is 0 Å². The number of hydrogen-bond acceptors (Lipinski definition) is 5. The van der Waals surface area contributed by atoms with Crippen LogP contribution in [-0.2, 0) is 6.61 Å². The van der Waals surface area contributed by atoms with Crippen LogP contribution >= 0.6 is 0 Å². The lowest BCUT2D eigenvalue weighted by molar-refractivity contribution is 0.0696. The van der Waals surface area contributed by atoms with Crippen molar-refractivity contribution >= 4 is 11.8 Å². The number of aryl methyl sites for hydroxylation is 1. The van der Waals surface area contributed by atoms with Crippen molar-refractivity contribution in [2.45, 2.75) is 32.8 Å². The van der Waals surface area contributed by atoms with Crippen molar-refractivity contribution in [3.63, 3.8) is 0 Å². The summed E-state index contributed by atoms with van der Waals surface area (Å²) in [4.78, 5) is 22.1. The fourth-order valence-corrected chi connectivity index (χ4v) is 2.76. The Bertz CT molecular complexity index is 710. The van der Waals surface area contributed by atoms with Crippen LogP contribution in [0, 0.1) is 6.92 Å². The highest BCUT2D eigenvalue weighted by Crippen LogP contribution is 2.22. The molecule has 1 aromatic heterocycles. The Balaban J connectivity index is 1.78. The van der Waals surface area contributed by atoms with Crippen LogP contribution < -0.4 is 9.64 Å². The van der Waals surface area contributed by atoms with E-state index in [-0.39, 0.29) is 12.2 Å². The first-order chi connectivity index (χ1) is 11.6. The third-order valence-electron chi connectivity index (χ3n) is 4.09. The molecule has 1 aliphatic rings. The number of carboxylic acid groups (broad SMARTS) is 1. The summed E-state index contributed by atoms with van der Waals surface area (Å²) in [5.41, 5.74) is 1.31. The van der Waals surface area contributed by atoms with Gasteiger partial charge in [-0.25, -0.2) is 14.8 Å². The van der Waals surface area contributed by atoms with E-state index in [9.17, 15) is 9.90 Å². The summed E-state index contributed by atoms with van der Waals surface area (Å²) in [6.07, 6.45) is 4.66. The van der Waals surface area contributed by atoms with Gasteiger partial charge in [-0.3, -0.25) is 0 Å². The van der Waals surface area contributed by atoms with Gasteiger partial charge in [0.1, 0.15) is 23.7 Å². The monoisotopic (exact) mass is 327 g/mol. The van der Waals surface area contributed by atoms with Crippen LogP contribution in [-0.4, -0.2) is 34.1 Å². The summed E-state index contributed by atoms with van der Waals surface area (Å²) >= 11 is 0. The highest BCUT2D eigenvalue weighted by atomic mass is 16.5. The zero-order chi connectivity index (χ0) is 16.9. The molecule has 1 aliphatic heterocycles. The highest BCUT2D eigenvalue weighted by molar-refractivity contribution is 5.92. The number of carbonyl (C=O) groups is 1. The zero-order valence-corrected chi connectivity index (χ0v) is 13.7. The lowest BCUT2D eigenvalue weighted by Crippen LogP contribution is -2.32. The number of aromatic carboxylic acids is 1. The smallest absolute Gasteiger partial charge is 0.341 e. The van der Waals surface area contributed by atoms with Crippen LogP contribution in [0.4, 0.5) is 5.82 Å². The molecule has 0 spiro atoms. The molecule has 6 heteroatoms. The second-order valence-corrected chi connectivity index (χ2v) is 5.98. The second-order valence-electron chi connectivity index (χ2n) is 5.98. The van der Waals surface area contributed by atoms with Gasteiger partial charge in [0.2, 0.25) is 0 Å². The fourth-order valence-electron chi connectivity index (χ4n) is 2.76. The Kier molecular flexibility index (Phi) is 4.93. The highest BCUT2D eigenvalue weighted by Gasteiger charge is 2.21. The quantitative estimate of drug-likeness (QED) is 0.909. The fraction of sp³-hybridized carbons (Fsp3) is 0.389. The summed E-state index contributed by atoms with van der Waals surface area (Å²) < 4.78 is 5.70. The van der Waals surface area contributed by atoms with Crippen LogP contribution in [0.1, 0.15) is 41.0 Å². The van der Waals surface area contributed by atoms with E-state index in [1.165, 1.54) is 12.6 Å². The maximum absolute atomic E-state index is 11.4. The lowest BCUT2D eigenvalue weighted by Gasteiger charge is -2.28. The largest absolute Gasteiger partial charge is 0.486 e. The molecule has 24 heavy (non-hydrogen) atoms. The van der Waals surface area contributed by atoms with E-state index < -0.39 is 5.97 Å². The predicted molar refractivity (Wildman–Crippen MR) is 90.6 cm³/mol. The third-order valence-corrected chi connectivity index (χ3v) is 4.09. The topological polar surface area (TPSA) is 75.6 Å². The number of carboxylic acids is 1. The molecule has 3 rings (SSSR count). The average Bonchev–Trinajstić information content (AvgIpc) is 2.61. The van der Waals surface area contributed by atoms with Crippen LogP contribution in [0.3, 0.4) is 0 Å². The van der Waals surface area contributed by atoms with Gasteiger partial charge in [-0.15, -0.1) is 0 Å². The van der Waals surface area contributed by atoms with Crippen molar-refractivity contribution in [1.29, 1.82) is 0 Å². The Morgan fingerprint density at radius 2 is 1.92 bits per heavy atom. The molecular weight excluding hydrogens is 306 g/mol. The number of rotatable bonds is 5. The summed E-state index contributed by atoms with van der Waals surface area (Å²) in [7, 11) is 0. The normalized spacial score (nSPS) is 14.5. The van der Waals surface area contributed by atoms with Gasteiger partial charge in [0.15, 0.2) is 5.82 Å². The Morgan fingerprint density at radius 1 is 1.21 bits per heavy atom. The molecule has 1 aromatic carbocycles. The van der Waals surface area contributed by atoms with Gasteiger partial charge in [0.05, 0.1) is 0 Å². The van der Waals surface area contributed by atoms with Crippen molar-refractivity contribution in [2.24, 2.45) is 0 Å². The van der Waals surface area contributed by atoms with Gasteiger partial charge in [-0.05, 0) is 38.3 Å². The molecule has 0 amide bonds. The summed E-state index contributed by atoms with van der Waals surface area (Å²) in [6.45, 7) is 3.89. The number of benzene rings is 1. The van der Waals surface area contributed by atoms with E-state index in [2.05, 4.69) is 9.97 Å². The van der Waals surface area contributed by atoms with E-state index in [0.717, 1.165) is 37.2 Å². The molecule has 0 bridgehead atoms. The van der Waals surface area contributed by atoms with Crippen LogP contribution in [0.25, 0.3) is 0 Å². The van der Waals surface area contributed by atoms with Gasteiger partial charge in [0.25, 0.3) is 0 Å². The first-order valence-corrected chi connectivity index (χ1v) is 8.17. The molecule has 0 atom stereocenters. The predicted octanol–water partition coefficient (Wildman–Crippen LogP) is 3.05. The second kappa shape index (κ2) is 7.29. The van der Waals surface area contributed by atoms with Crippen LogP contribution in [0.15, 0.2) is 30.5 Å². The van der Waals surface area contributed by atoms with E-state index in [1.54, 1.807) is 0 Å². The third kappa shape index (κ3) is 3.82. The summed E-state index contributed by atoms with van der Waals surface area (Å²) in [5, 5.41) is 9.38. The maximum Gasteiger partial charge on any atom is 0.341 e. The number of piperidine rings is 1. The summed E-state index contributed by atoms with van der Waals surface area (Å²) in [6, 6.07) is 7.74. The Labute approximate surface area is 141 Å². The summed E-state index contributed by atoms with van der Waals surface area (Å²) in [5.74, 6) is 0.730. The first kappa shape index (κ1) is 16.2. The van der Waals surface area contributed by atoms with Crippen molar-refractivity contribution in [2.75, 3.05) is 18.0 Å². The van der Waals surface area contributed by atoms with Gasteiger partial charge in [-0.1, -0.05) is 17.7 Å². The number of ether oxygens (including phenoxy) is 1. The SMILES string of the molecule is Cc1ccc(OCc2ncc(C(=O)O)c(N3CCCCC3)n2)cc1. The number of hydrogen-bond donors (Lipinski definition) is 1. The van der Waals surface area contributed by atoms with E-state index in [1.807, 2.05) is 36.1 Å². The molecule has 1 N–H and O–H groups in total. The number of aromatic nitrogens is 2. The van der Waals surface area contributed by atoms with Crippen molar-refractivity contribution < 1.29 is 14.6 Å². The minimum absolute atomic E-state index is 0.149. The first-order valence-electron chi connectivity index (χ1n) is 8.17. The van der Waals surface area contributed by atoms with Gasteiger partial charge < -0.3 is 14.7 Å². The van der Waals surface area contributed by atoms with Gasteiger partial charge in [0, 0.05) is 19.3 Å². The minimum Gasteiger partial charge on any atom is -0.486 e. The Morgan fingerprint density at radius 3 is 2.58 bits per heavy atom. The van der Waals surface area contributed by atoms with Gasteiger partial charge >= 0.3 is 5.97 Å². The number of nitrogens with zero attached hydrogens (tertiary/aromatic N) is 3. The van der Waals surface area contributed by atoms with Gasteiger partial charge in [-0.2, -0.15) is 0 Å². The van der Waals surface area contributed by atoms with Crippen molar-refractivity contribution in [3.8, 4) is 5.75 Å². The molecule has 2 heterocycles. The average molecular weight is 327 g/mol. The molecule has 2 aromatic rings. The molecule has 1 fully saturated rings. The molecule has 0 saturated carbocycles. The maximum atomic E-state index is 11.4. The molecular formula is C18H21N3O3. The van der Waals surface area contributed by atoms with Crippen molar-refractivity contribution in [3.05, 3.63) is 47.4 Å². The Hall–Kier alpha value is -2.63. The zero-order valence-electron chi connectivity index (χ0n) is 13.7. The van der Waals surface area contributed by atoms with Crippen LogP contribution in [0.2, 0.25) is 0 Å². The standard InChI is InChI=1S/C18H21N3O3/c1-13-5-7-14(8-6-13)24-12-16-19-11-15(18(22)23)17(20-16)21-9-3-2-4-10-21/h5-8,11H,2-4,9-10,12H2,1H3,(H,22,23). The van der Waals surface area contributed by atoms with E-state index in [4.69, 9.17) is 4.74 Å². The molecule has 1 saturated heterocycles. The molecule has 126 valence electrons. The number of anilines is 1. The van der Waals surface area contributed by atoms with Crippen LogP contribution in [0.5, 0.6) is 5.75 Å². The van der Waals surface area contributed by atoms with Crippen molar-refractivity contribution in [1.82, 2.24) is 9.97 Å².